The summed E-state index contributed by atoms with van der Waals surface area (Å²) in [6.45, 7) is 3.79. The summed E-state index contributed by atoms with van der Waals surface area (Å²) in [5.41, 5.74) is 1.99. The number of nitrogens with one attached hydrogen (secondary N) is 1. The van der Waals surface area contributed by atoms with Gasteiger partial charge in [0.25, 0.3) is 0 Å². The molecule has 2 aliphatic rings. The van der Waals surface area contributed by atoms with Crippen molar-refractivity contribution in [3.05, 3.63) is 29.3 Å². The number of hydrogen-bond donors (Lipinski definition) is 1. The van der Waals surface area contributed by atoms with E-state index >= 15 is 0 Å². The van der Waals surface area contributed by atoms with Gasteiger partial charge in [-0.3, -0.25) is 4.90 Å². The van der Waals surface area contributed by atoms with Crippen molar-refractivity contribution in [2.75, 3.05) is 33.3 Å². The van der Waals surface area contributed by atoms with Crippen molar-refractivity contribution in [1.82, 2.24) is 10.2 Å². The lowest BCUT2D eigenvalue weighted by Crippen LogP contribution is -2.55. The van der Waals surface area contributed by atoms with Crippen LogP contribution in [0.15, 0.2) is 18.2 Å². The van der Waals surface area contributed by atoms with E-state index in [-0.39, 0.29) is 0 Å². The van der Waals surface area contributed by atoms with Gasteiger partial charge in [0.1, 0.15) is 11.3 Å². The summed E-state index contributed by atoms with van der Waals surface area (Å²) in [6, 6.07) is 8.84. The smallest absolute Gasteiger partial charge is 0.135 e. The summed E-state index contributed by atoms with van der Waals surface area (Å²) in [5, 5.41) is 13.3. The first kappa shape index (κ1) is 13.4. The van der Waals surface area contributed by atoms with Crippen molar-refractivity contribution in [1.29, 1.82) is 5.26 Å². The molecule has 1 aromatic carbocycles. The monoisotopic (exact) mass is 271 g/mol. The molecule has 1 N–H and O–H groups in total. The van der Waals surface area contributed by atoms with Crippen molar-refractivity contribution in [2.45, 2.75) is 24.8 Å². The highest BCUT2D eigenvalue weighted by atomic mass is 16.5. The van der Waals surface area contributed by atoms with Crippen LogP contribution in [0.2, 0.25) is 0 Å². The Labute approximate surface area is 120 Å². The molecule has 1 heterocycles. The van der Waals surface area contributed by atoms with Gasteiger partial charge in [0, 0.05) is 26.2 Å². The molecule has 0 bridgehead atoms. The van der Waals surface area contributed by atoms with E-state index in [0.29, 0.717) is 0 Å². The number of nitrogens with zero attached hydrogens (tertiary/aromatic N) is 2. The van der Waals surface area contributed by atoms with Crippen LogP contribution in [-0.4, -0.2) is 38.2 Å². The number of ether oxygens (including phenoxy) is 1. The van der Waals surface area contributed by atoms with E-state index in [1.165, 1.54) is 5.56 Å². The third kappa shape index (κ3) is 2.07. The maximum atomic E-state index is 9.95. The van der Waals surface area contributed by atoms with Crippen LogP contribution in [0.3, 0.4) is 0 Å². The number of aryl methyl sites for hydroxylation is 1. The number of fused-ring (bicyclic) bond motifs is 1. The van der Waals surface area contributed by atoms with Crippen molar-refractivity contribution in [3.8, 4) is 11.8 Å². The summed E-state index contributed by atoms with van der Waals surface area (Å²) in [7, 11) is 1.68. The Hall–Kier alpha value is -1.57. The average molecular weight is 271 g/mol. The quantitative estimate of drug-likeness (QED) is 0.888. The van der Waals surface area contributed by atoms with Gasteiger partial charge < -0.3 is 10.1 Å². The first-order valence-corrected chi connectivity index (χ1v) is 7.34. The van der Waals surface area contributed by atoms with Crippen molar-refractivity contribution >= 4 is 0 Å². The fourth-order valence-corrected chi connectivity index (χ4v) is 3.52. The van der Waals surface area contributed by atoms with Crippen LogP contribution >= 0.6 is 0 Å². The highest BCUT2D eigenvalue weighted by molar-refractivity contribution is 5.45. The van der Waals surface area contributed by atoms with E-state index in [1.54, 1.807) is 7.11 Å². The molecule has 0 aromatic heterocycles. The van der Waals surface area contributed by atoms with Gasteiger partial charge in [0.15, 0.2) is 0 Å². The Morgan fingerprint density at radius 1 is 1.35 bits per heavy atom. The molecule has 1 atom stereocenters. The van der Waals surface area contributed by atoms with E-state index < -0.39 is 5.54 Å². The van der Waals surface area contributed by atoms with Crippen molar-refractivity contribution in [2.24, 2.45) is 0 Å². The lowest BCUT2D eigenvalue weighted by Gasteiger charge is -2.44. The molecule has 1 aliphatic heterocycles. The fourth-order valence-electron chi connectivity index (χ4n) is 3.52. The summed E-state index contributed by atoms with van der Waals surface area (Å²) >= 11 is 0. The minimum Gasteiger partial charge on any atom is -0.497 e. The third-order valence-corrected chi connectivity index (χ3v) is 4.59. The van der Waals surface area contributed by atoms with Gasteiger partial charge in [-0.15, -0.1) is 0 Å². The molecule has 1 fully saturated rings. The van der Waals surface area contributed by atoms with Crippen LogP contribution in [0.4, 0.5) is 0 Å². The topological polar surface area (TPSA) is 48.3 Å². The SMILES string of the molecule is COc1ccc2c(c1)C(C#N)(N1CCNCC1)CCC2. The Bertz CT molecular complexity index is 531. The van der Waals surface area contributed by atoms with Gasteiger partial charge in [-0.25, -0.2) is 0 Å². The number of rotatable bonds is 2. The largest absolute Gasteiger partial charge is 0.497 e. The van der Waals surface area contributed by atoms with E-state index in [4.69, 9.17) is 4.74 Å². The molecule has 1 saturated heterocycles. The first-order chi connectivity index (χ1) is 9.80. The van der Waals surface area contributed by atoms with Gasteiger partial charge in [0.2, 0.25) is 0 Å². The number of hydrogen-bond acceptors (Lipinski definition) is 4. The second-order valence-corrected chi connectivity index (χ2v) is 5.59. The molecular formula is C16H21N3O. The van der Waals surface area contributed by atoms with Crippen LogP contribution < -0.4 is 10.1 Å². The number of nitriles is 1. The number of methoxy groups -OCH3 is 1. The molecule has 0 amide bonds. The molecule has 0 spiro atoms. The maximum absolute atomic E-state index is 9.95. The molecule has 4 heteroatoms. The van der Waals surface area contributed by atoms with E-state index in [1.807, 2.05) is 6.07 Å². The van der Waals surface area contributed by atoms with Crippen LogP contribution in [-0.2, 0) is 12.0 Å². The average Bonchev–Trinajstić information content (AvgIpc) is 2.54. The molecule has 3 rings (SSSR count). The van der Waals surface area contributed by atoms with E-state index in [2.05, 4.69) is 28.4 Å². The summed E-state index contributed by atoms with van der Waals surface area (Å²) in [4.78, 5) is 2.35. The summed E-state index contributed by atoms with van der Waals surface area (Å²) in [5.74, 6) is 0.848. The zero-order valence-electron chi connectivity index (χ0n) is 12.0. The maximum Gasteiger partial charge on any atom is 0.135 e. The second-order valence-electron chi connectivity index (χ2n) is 5.59. The fraction of sp³-hybridized carbons (Fsp3) is 0.562. The summed E-state index contributed by atoms with van der Waals surface area (Å²) < 4.78 is 5.37. The standard InChI is InChI=1S/C16H21N3O/c1-20-14-5-4-13-3-2-6-16(12-17,15(13)11-14)19-9-7-18-8-10-19/h4-5,11,18H,2-3,6-10H2,1H3. The Morgan fingerprint density at radius 3 is 2.85 bits per heavy atom. The van der Waals surface area contributed by atoms with Crippen LogP contribution in [0.5, 0.6) is 5.75 Å². The van der Waals surface area contributed by atoms with Gasteiger partial charge in [-0.2, -0.15) is 5.26 Å². The zero-order chi connectivity index (χ0) is 14.0. The molecule has 106 valence electrons. The summed E-state index contributed by atoms with van der Waals surface area (Å²) in [6.07, 6.45) is 3.06. The number of benzene rings is 1. The molecule has 4 nitrogen and oxygen atoms in total. The molecule has 0 saturated carbocycles. The lowest BCUT2D eigenvalue weighted by atomic mass is 9.76. The minimum atomic E-state index is -0.468. The Balaban J connectivity index is 2.07. The highest BCUT2D eigenvalue weighted by Gasteiger charge is 2.42. The van der Waals surface area contributed by atoms with Crippen molar-refractivity contribution < 1.29 is 4.74 Å². The van der Waals surface area contributed by atoms with E-state index in [0.717, 1.165) is 56.8 Å². The van der Waals surface area contributed by atoms with Gasteiger partial charge in [-0.05, 0) is 42.5 Å². The zero-order valence-corrected chi connectivity index (χ0v) is 12.0. The third-order valence-electron chi connectivity index (χ3n) is 4.59. The van der Waals surface area contributed by atoms with Gasteiger partial charge >= 0.3 is 0 Å². The van der Waals surface area contributed by atoms with Crippen molar-refractivity contribution in [3.63, 3.8) is 0 Å². The normalized spacial score (nSPS) is 26.6. The van der Waals surface area contributed by atoms with E-state index in [9.17, 15) is 5.26 Å². The number of piperazine rings is 1. The predicted molar refractivity (Wildman–Crippen MR) is 77.7 cm³/mol. The van der Waals surface area contributed by atoms with Gasteiger partial charge in [0.05, 0.1) is 13.2 Å². The Morgan fingerprint density at radius 2 is 2.15 bits per heavy atom. The minimum absolute atomic E-state index is 0.468. The molecular weight excluding hydrogens is 250 g/mol. The molecule has 0 radical (unpaired) electrons. The van der Waals surface area contributed by atoms with Crippen LogP contribution in [0.1, 0.15) is 24.0 Å². The van der Waals surface area contributed by atoms with Crippen LogP contribution in [0, 0.1) is 11.3 Å². The second kappa shape index (κ2) is 5.43. The Kier molecular flexibility index (Phi) is 3.64. The predicted octanol–water partition coefficient (Wildman–Crippen LogP) is 1.66. The van der Waals surface area contributed by atoms with Gasteiger partial charge in [-0.1, -0.05) is 6.07 Å². The molecule has 20 heavy (non-hydrogen) atoms. The molecule has 1 unspecified atom stereocenters. The highest BCUT2D eigenvalue weighted by Crippen LogP contribution is 2.41. The molecule has 1 aliphatic carbocycles. The lowest BCUT2D eigenvalue weighted by molar-refractivity contribution is 0.101. The molecule has 1 aromatic rings. The van der Waals surface area contributed by atoms with Crippen LogP contribution in [0.25, 0.3) is 0 Å². The first-order valence-electron chi connectivity index (χ1n) is 7.34.